The highest BCUT2D eigenvalue weighted by Gasteiger charge is 2.17. The third-order valence-electron chi connectivity index (χ3n) is 3.48. The van der Waals surface area contributed by atoms with Gasteiger partial charge in [0.25, 0.3) is 5.56 Å². The molecule has 0 amide bonds. The lowest BCUT2D eigenvalue weighted by atomic mass is 10.2. The maximum atomic E-state index is 12.3. The Kier molecular flexibility index (Phi) is 4.05. The van der Waals surface area contributed by atoms with Crippen molar-refractivity contribution < 1.29 is 8.42 Å². The Labute approximate surface area is 137 Å². The average molecular weight is 349 g/mol. The van der Waals surface area contributed by atoms with Gasteiger partial charge in [0.1, 0.15) is 10.0 Å². The summed E-state index contributed by atoms with van der Waals surface area (Å²) in [7, 11) is -2.02. The maximum absolute atomic E-state index is 12.3. The van der Waals surface area contributed by atoms with Crippen molar-refractivity contribution in [2.75, 3.05) is 0 Å². The summed E-state index contributed by atoms with van der Waals surface area (Å²) in [6.45, 7) is 1.80. The number of nitrogens with one attached hydrogen (secondary N) is 1. The second-order valence-corrected chi connectivity index (χ2v) is 8.38. The van der Waals surface area contributed by atoms with Crippen LogP contribution in [0, 0.1) is 6.92 Å². The number of thiophene rings is 1. The summed E-state index contributed by atoms with van der Waals surface area (Å²) in [5.74, 6) is 0.366. The molecule has 0 radical (unpaired) electrons. The van der Waals surface area contributed by atoms with Crippen LogP contribution >= 0.6 is 11.3 Å². The molecular formula is C15H15N3O3S2. The molecule has 0 saturated heterocycles. The molecule has 0 bridgehead atoms. The smallest absolute Gasteiger partial charge is 0.261 e. The molecule has 3 aromatic rings. The normalized spacial score (nSPS) is 11.9. The molecule has 6 nitrogen and oxygen atoms in total. The van der Waals surface area contributed by atoms with Crippen molar-refractivity contribution in [2.24, 2.45) is 7.05 Å². The van der Waals surface area contributed by atoms with Crippen LogP contribution < -0.4 is 10.3 Å². The number of aryl methyl sites for hydroxylation is 1. The van der Waals surface area contributed by atoms with Gasteiger partial charge < -0.3 is 0 Å². The summed E-state index contributed by atoms with van der Waals surface area (Å²) in [5.41, 5.74) is 0.355. The summed E-state index contributed by atoms with van der Waals surface area (Å²) >= 11 is 1.20. The molecule has 0 atom stereocenters. The van der Waals surface area contributed by atoms with Crippen LogP contribution in [0.4, 0.5) is 0 Å². The minimum absolute atomic E-state index is 0.0458. The highest BCUT2D eigenvalue weighted by atomic mass is 32.2. The third kappa shape index (κ3) is 3.05. The van der Waals surface area contributed by atoms with Gasteiger partial charge in [0.15, 0.2) is 0 Å². The number of nitrogens with zero attached hydrogens (tertiary/aromatic N) is 2. The Hall–Kier alpha value is -2.03. The first-order chi connectivity index (χ1) is 10.9. The molecule has 0 aliphatic carbocycles. The number of benzene rings is 1. The van der Waals surface area contributed by atoms with Crippen molar-refractivity contribution in [1.29, 1.82) is 0 Å². The summed E-state index contributed by atoms with van der Waals surface area (Å²) < 4.78 is 28.6. The highest BCUT2D eigenvalue weighted by molar-refractivity contribution is 7.91. The average Bonchev–Trinajstić information content (AvgIpc) is 2.97. The van der Waals surface area contributed by atoms with E-state index in [4.69, 9.17) is 0 Å². The number of hydrogen-bond acceptors (Lipinski definition) is 5. The molecular weight excluding hydrogens is 334 g/mol. The van der Waals surface area contributed by atoms with Crippen LogP contribution in [0.2, 0.25) is 0 Å². The van der Waals surface area contributed by atoms with Gasteiger partial charge in [-0.15, -0.1) is 11.3 Å². The van der Waals surface area contributed by atoms with Gasteiger partial charge in [0.05, 0.1) is 17.4 Å². The molecule has 1 N–H and O–H groups in total. The number of fused-ring (bicyclic) bond motifs is 1. The Morgan fingerprint density at radius 1 is 1.22 bits per heavy atom. The van der Waals surface area contributed by atoms with Crippen molar-refractivity contribution in [2.45, 2.75) is 17.7 Å². The Bertz CT molecular complexity index is 1040. The zero-order valence-corrected chi connectivity index (χ0v) is 14.2. The van der Waals surface area contributed by atoms with Crippen molar-refractivity contribution >= 4 is 32.3 Å². The van der Waals surface area contributed by atoms with E-state index in [-0.39, 0.29) is 16.3 Å². The van der Waals surface area contributed by atoms with Crippen molar-refractivity contribution in [1.82, 2.24) is 14.3 Å². The summed E-state index contributed by atoms with van der Waals surface area (Å²) in [4.78, 5) is 17.6. The van der Waals surface area contributed by atoms with E-state index in [0.29, 0.717) is 16.7 Å². The highest BCUT2D eigenvalue weighted by Crippen LogP contribution is 2.20. The van der Waals surface area contributed by atoms with Crippen LogP contribution in [0.25, 0.3) is 10.9 Å². The van der Waals surface area contributed by atoms with E-state index in [9.17, 15) is 13.2 Å². The Balaban J connectivity index is 1.93. The van der Waals surface area contributed by atoms with E-state index >= 15 is 0 Å². The molecule has 0 fully saturated rings. The zero-order chi connectivity index (χ0) is 16.6. The van der Waals surface area contributed by atoms with Gasteiger partial charge in [-0.25, -0.2) is 18.1 Å². The fraction of sp³-hybridized carbons (Fsp3) is 0.200. The fourth-order valence-electron chi connectivity index (χ4n) is 2.21. The van der Waals surface area contributed by atoms with Crippen molar-refractivity contribution in [3.8, 4) is 0 Å². The first kappa shape index (κ1) is 15.9. The quantitative estimate of drug-likeness (QED) is 0.778. The van der Waals surface area contributed by atoms with Gasteiger partial charge in [-0.2, -0.15) is 0 Å². The number of sulfonamides is 1. The molecule has 0 aliphatic rings. The predicted molar refractivity (Wildman–Crippen MR) is 90.1 cm³/mol. The first-order valence-electron chi connectivity index (χ1n) is 6.89. The van der Waals surface area contributed by atoms with Crippen LogP contribution in [0.15, 0.2) is 45.4 Å². The SMILES string of the molecule is Cc1ccc(S(=O)(=O)NCc2nc3ccccc3c(=O)n2C)s1. The van der Waals surface area contributed by atoms with E-state index in [1.54, 1.807) is 43.4 Å². The molecule has 2 aromatic heterocycles. The van der Waals surface area contributed by atoms with Gasteiger partial charge in [-0.3, -0.25) is 9.36 Å². The van der Waals surface area contributed by atoms with Crippen LogP contribution in [0.5, 0.6) is 0 Å². The van der Waals surface area contributed by atoms with Crippen LogP contribution in [-0.4, -0.2) is 18.0 Å². The molecule has 1 aromatic carbocycles. The minimum atomic E-state index is -3.61. The summed E-state index contributed by atoms with van der Waals surface area (Å²) in [6, 6.07) is 10.3. The lowest BCUT2D eigenvalue weighted by molar-refractivity contribution is 0.578. The second kappa shape index (κ2) is 5.88. The van der Waals surface area contributed by atoms with E-state index in [1.807, 2.05) is 6.92 Å². The standard InChI is InChI=1S/C15H15N3O3S2/c1-10-7-8-14(22-10)23(20,21)16-9-13-17-12-6-4-3-5-11(12)15(19)18(13)2/h3-8,16H,9H2,1-2H3. The second-order valence-electron chi connectivity index (χ2n) is 5.10. The molecule has 3 rings (SSSR count). The van der Waals surface area contributed by atoms with Crippen LogP contribution in [0.3, 0.4) is 0 Å². The van der Waals surface area contributed by atoms with Crippen LogP contribution in [0.1, 0.15) is 10.7 Å². The minimum Gasteiger partial charge on any atom is -0.298 e. The van der Waals surface area contributed by atoms with E-state index < -0.39 is 10.0 Å². The predicted octanol–water partition coefficient (Wildman–Crippen LogP) is 1.78. The largest absolute Gasteiger partial charge is 0.298 e. The van der Waals surface area contributed by atoms with E-state index in [0.717, 1.165) is 4.88 Å². The summed E-state index contributed by atoms with van der Waals surface area (Å²) in [6.07, 6.45) is 0. The van der Waals surface area contributed by atoms with Crippen LogP contribution in [-0.2, 0) is 23.6 Å². The Morgan fingerprint density at radius 3 is 2.65 bits per heavy atom. The molecule has 23 heavy (non-hydrogen) atoms. The van der Waals surface area contributed by atoms with E-state index in [1.165, 1.54) is 15.9 Å². The van der Waals surface area contributed by atoms with Crippen molar-refractivity contribution in [3.05, 3.63) is 57.5 Å². The number of rotatable bonds is 4. The number of aromatic nitrogens is 2. The number of hydrogen-bond donors (Lipinski definition) is 1. The summed E-state index contributed by atoms with van der Waals surface area (Å²) in [5, 5.41) is 0.510. The molecule has 2 heterocycles. The molecule has 0 saturated carbocycles. The van der Waals surface area contributed by atoms with Crippen molar-refractivity contribution in [3.63, 3.8) is 0 Å². The molecule has 8 heteroatoms. The Morgan fingerprint density at radius 2 is 1.96 bits per heavy atom. The molecule has 120 valence electrons. The molecule has 0 aliphatic heterocycles. The number of para-hydroxylation sites is 1. The lowest BCUT2D eigenvalue weighted by Gasteiger charge is -2.10. The van der Waals surface area contributed by atoms with Gasteiger partial charge in [0, 0.05) is 11.9 Å². The fourth-order valence-corrected chi connectivity index (χ4v) is 4.52. The van der Waals surface area contributed by atoms with Gasteiger partial charge >= 0.3 is 0 Å². The lowest BCUT2D eigenvalue weighted by Crippen LogP contribution is -2.29. The molecule has 0 spiro atoms. The first-order valence-corrected chi connectivity index (χ1v) is 9.19. The molecule has 0 unspecified atom stereocenters. The van der Waals surface area contributed by atoms with E-state index in [2.05, 4.69) is 9.71 Å². The van der Waals surface area contributed by atoms with Gasteiger partial charge in [-0.1, -0.05) is 12.1 Å². The third-order valence-corrected chi connectivity index (χ3v) is 6.37. The topological polar surface area (TPSA) is 81.1 Å². The maximum Gasteiger partial charge on any atom is 0.261 e. The monoisotopic (exact) mass is 349 g/mol. The zero-order valence-electron chi connectivity index (χ0n) is 12.6. The van der Waals surface area contributed by atoms with Gasteiger partial charge in [-0.05, 0) is 31.2 Å². The van der Waals surface area contributed by atoms with Gasteiger partial charge in [0.2, 0.25) is 10.0 Å².